The minimum atomic E-state index is -4.49. The molecule has 0 unspecified atom stereocenters. The topological polar surface area (TPSA) is 86.1 Å². The molecule has 0 radical (unpaired) electrons. The van der Waals surface area contributed by atoms with Gasteiger partial charge in [0.25, 0.3) is 5.91 Å². The van der Waals surface area contributed by atoms with Gasteiger partial charge in [-0.05, 0) is 48.5 Å². The molecule has 0 aliphatic rings. The van der Waals surface area contributed by atoms with E-state index in [1.807, 2.05) is 0 Å². The van der Waals surface area contributed by atoms with Gasteiger partial charge in [0.2, 0.25) is 0 Å². The second-order valence-corrected chi connectivity index (χ2v) is 8.71. The normalized spacial score (nSPS) is 11.2. The highest BCUT2D eigenvalue weighted by atomic mass is 32.2. The van der Waals surface area contributed by atoms with Crippen LogP contribution in [-0.2, 0) is 12.7 Å². The Bertz CT molecular complexity index is 1370. The summed E-state index contributed by atoms with van der Waals surface area (Å²) in [6, 6.07) is 19.7. The number of nitrogens with one attached hydrogen (secondary N) is 1. The lowest BCUT2D eigenvalue weighted by atomic mass is 10.2. The van der Waals surface area contributed by atoms with Gasteiger partial charge in [0.1, 0.15) is 5.75 Å². The van der Waals surface area contributed by atoms with Crippen molar-refractivity contribution in [2.24, 2.45) is 0 Å². The van der Waals surface area contributed by atoms with Crippen LogP contribution in [0, 0.1) is 0 Å². The standard InChI is InChI=1S/C26H21F3N4O3S/c1-36-21-13-7-18(8-14-21)24(35)30-15-23-31-32-25(37-16-22(34)17-5-3-2-4-6-17)33(23)20-11-9-19(10-12-20)26(27,28)29/h2-14H,15-16H2,1H3,(H,30,35). The first-order valence-electron chi connectivity index (χ1n) is 11.0. The van der Waals surface area contributed by atoms with E-state index in [-0.39, 0.29) is 29.8 Å². The van der Waals surface area contributed by atoms with Gasteiger partial charge in [0.05, 0.1) is 25.0 Å². The molecular weight excluding hydrogens is 505 g/mol. The summed E-state index contributed by atoms with van der Waals surface area (Å²) in [6.07, 6.45) is -4.49. The number of hydrogen-bond donors (Lipinski definition) is 1. The number of amides is 1. The predicted octanol–water partition coefficient (Wildman–Crippen LogP) is 5.20. The van der Waals surface area contributed by atoms with Crippen molar-refractivity contribution in [2.75, 3.05) is 12.9 Å². The van der Waals surface area contributed by atoms with Crippen molar-refractivity contribution in [3.05, 3.63) is 101 Å². The van der Waals surface area contributed by atoms with Crippen LogP contribution in [0.15, 0.2) is 84.0 Å². The molecule has 0 aliphatic carbocycles. The van der Waals surface area contributed by atoms with Crippen molar-refractivity contribution < 1.29 is 27.5 Å². The van der Waals surface area contributed by atoms with E-state index in [1.54, 1.807) is 54.6 Å². The first-order chi connectivity index (χ1) is 17.8. The highest BCUT2D eigenvalue weighted by Gasteiger charge is 2.30. The zero-order valence-corrected chi connectivity index (χ0v) is 20.3. The molecule has 0 fully saturated rings. The zero-order chi connectivity index (χ0) is 26.4. The number of benzene rings is 3. The Kier molecular flexibility index (Phi) is 7.92. The van der Waals surface area contributed by atoms with Gasteiger partial charge >= 0.3 is 6.18 Å². The molecule has 1 N–H and O–H groups in total. The average molecular weight is 527 g/mol. The number of hydrogen-bond acceptors (Lipinski definition) is 6. The molecule has 1 heterocycles. The van der Waals surface area contributed by atoms with Crippen LogP contribution in [0.3, 0.4) is 0 Å². The van der Waals surface area contributed by atoms with Gasteiger partial charge in [0.15, 0.2) is 16.8 Å². The fourth-order valence-electron chi connectivity index (χ4n) is 3.41. The molecule has 0 aliphatic heterocycles. The van der Waals surface area contributed by atoms with Gasteiger partial charge in [-0.1, -0.05) is 42.1 Å². The lowest BCUT2D eigenvalue weighted by molar-refractivity contribution is -0.137. The fraction of sp³-hybridized carbons (Fsp3) is 0.154. The fourth-order valence-corrected chi connectivity index (χ4v) is 4.27. The summed E-state index contributed by atoms with van der Waals surface area (Å²) in [5.74, 6) is 0.419. The van der Waals surface area contributed by atoms with Crippen molar-refractivity contribution in [3.8, 4) is 11.4 Å². The summed E-state index contributed by atoms with van der Waals surface area (Å²) in [7, 11) is 1.52. The summed E-state index contributed by atoms with van der Waals surface area (Å²) >= 11 is 1.10. The molecule has 0 saturated carbocycles. The monoisotopic (exact) mass is 526 g/mol. The van der Waals surface area contributed by atoms with Crippen LogP contribution in [0.4, 0.5) is 13.2 Å². The lowest BCUT2D eigenvalue weighted by Crippen LogP contribution is -2.24. The van der Waals surface area contributed by atoms with Gasteiger partial charge in [-0.2, -0.15) is 13.2 Å². The third kappa shape index (κ3) is 6.36. The number of halogens is 3. The molecular formula is C26H21F3N4O3S. The third-order valence-corrected chi connectivity index (χ3v) is 6.27. The molecule has 1 amide bonds. The van der Waals surface area contributed by atoms with Crippen LogP contribution in [0.1, 0.15) is 32.1 Å². The molecule has 3 aromatic carbocycles. The van der Waals surface area contributed by atoms with Gasteiger partial charge in [-0.25, -0.2) is 0 Å². The van der Waals surface area contributed by atoms with Crippen molar-refractivity contribution in [1.82, 2.24) is 20.1 Å². The lowest BCUT2D eigenvalue weighted by Gasteiger charge is -2.13. The van der Waals surface area contributed by atoms with E-state index < -0.39 is 11.7 Å². The SMILES string of the molecule is COc1ccc(C(=O)NCc2nnc(SCC(=O)c3ccccc3)n2-c2ccc(C(F)(F)F)cc2)cc1. The number of nitrogens with zero attached hydrogens (tertiary/aromatic N) is 3. The smallest absolute Gasteiger partial charge is 0.416 e. The van der Waals surface area contributed by atoms with Crippen LogP contribution < -0.4 is 10.1 Å². The quantitative estimate of drug-likeness (QED) is 0.238. The van der Waals surface area contributed by atoms with Crippen LogP contribution in [0.5, 0.6) is 5.75 Å². The average Bonchev–Trinajstić information content (AvgIpc) is 3.33. The Morgan fingerprint density at radius 3 is 2.22 bits per heavy atom. The highest BCUT2D eigenvalue weighted by Crippen LogP contribution is 2.31. The maximum atomic E-state index is 13.1. The molecule has 7 nitrogen and oxygen atoms in total. The largest absolute Gasteiger partial charge is 0.497 e. The zero-order valence-electron chi connectivity index (χ0n) is 19.5. The molecule has 0 bridgehead atoms. The van der Waals surface area contributed by atoms with Crippen LogP contribution in [0.2, 0.25) is 0 Å². The molecule has 1 aromatic heterocycles. The molecule has 0 saturated heterocycles. The van der Waals surface area contributed by atoms with Crippen molar-refractivity contribution in [2.45, 2.75) is 17.9 Å². The molecule has 190 valence electrons. The number of aromatic nitrogens is 3. The van der Waals surface area contributed by atoms with Crippen LogP contribution in [0.25, 0.3) is 5.69 Å². The Morgan fingerprint density at radius 2 is 1.59 bits per heavy atom. The number of methoxy groups -OCH3 is 1. The molecule has 4 rings (SSSR count). The second kappa shape index (κ2) is 11.3. The summed E-state index contributed by atoms with van der Waals surface area (Å²) in [5, 5.41) is 11.3. The van der Waals surface area contributed by atoms with E-state index in [0.717, 1.165) is 23.9 Å². The molecule has 11 heteroatoms. The maximum absolute atomic E-state index is 13.1. The molecule has 0 spiro atoms. The van der Waals surface area contributed by atoms with Gasteiger partial charge in [0, 0.05) is 16.8 Å². The predicted molar refractivity (Wildman–Crippen MR) is 132 cm³/mol. The Morgan fingerprint density at radius 1 is 0.919 bits per heavy atom. The number of Topliss-reactive ketones (excluding diaryl/α,β-unsaturated/α-hetero) is 1. The van der Waals surface area contributed by atoms with E-state index >= 15 is 0 Å². The Hall–Kier alpha value is -4.12. The minimum absolute atomic E-state index is 0.0426. The Labute approximate surface area is 214 Å². The van der Waals surface area contributed by atoms with Crippen LogP contribution >= 0.6 is 11.8 Å². The maximum Gasteiger partial charge on any atom is 0.416 e. The van der Waals surface area contributed by atoms with Crippen molar-refractivity contribution >= 4 is 23.5 Å². The number of rotatable bonds is 9. The van der Waals surface area contributed by atoms with Crippen molar-refractivity contribution in [3.63, 3.8) is 0 Å². The highest BCUT2D eigenvalue weighted by molar-refractivity contribution is 7.99. The number of carbonyl (C=O) groups is 2. The number of ketones is 1. The second-order valence-electron chi connectivity index (χ2n) is 7.77. The first kappa shape index (κ1) is 26.0. The van der Waals surface area contributed by atoms with Crippen LogP contribution in [-0.4, -0.2) is 39.3 Å². The minimum Gasteiger partial charge on any atom is -0.497 e. The molecule has 4 aromatic rings. The van der Waals surface area contributed by atoms with Gasteiger partial charge < -0.3 is 10.1 Å². The number of carbonyl (C=O) groups excluding carboxylic acids is 2. The summed E-state index contributed by atoms with van der Waals surface area (Å²) in [6.45, 7) is -0.0495. The van der Waals surface area contributed by atoms with Gasteiger partial charge in [-0.15, -0.1) is 10.2 Å². The number of thioether (sulfide) groups is 1. The Balaban J connectivity index is 1.57. The van der Waals surface area contributed by atoms with Crippen molar-refractivity contribution in [1.29, 1.82) is 0 Å². The summed E-state index contributed by atoms with van der Waals surface area (Å²) < 4.78 is 45.9. The van der Waals surface area contributed by atoms with E-state index in [9.17, 15) is 22.8 Å². The third-order valence-electron chi connectivity index (χ3n) is 5.34. The number of ether oxygens (including phenoxy) is 1. The van der Waals surface area contributed by atoms with E-state index in [1.165, 1.54) is 23.8 Å². The molecule has 0 atom stereocenters. The van der Waals surface area contributed by atoms with E-state index in [0.29, 0.717) is 27.7 Å². The first-order valence-corrected chi connectivity index (χ1v) is 12.0. The number of alkyl halides is 3. The van der Waals surface area contributed by atoms with E-state index in [4.69, 9.17) is 4.74 Å². The van der Waals surface area contributed by atoms with E-state index in [2.05, 4.69) is 15.5 Å². The summed E-state index contributed by atoms with van der Waals surface area (Å²) in [4.78, 5) is 25.2. The summed E-state index contributed by atoms with van der Waals surface area (Å²) in [5.41, 5.74) is 0.487. The van der Waals surface area contributed by atoms with Gasteiger partial charge in [-0.3, -0.25) is 14.2 Å². The molecule has 37 heavy (non-hydrogen) atoms.